The summed E-state index contributed by atoms with van der Waals surface area (Å²) in [6, 6.07) is 29.3. The highest BCUT2D eigenvalue weighted by atomic mass is 28.4. The van der Waals surface area contributed by atoms with Gasteiger partial charge in [-0.15, -0.1) is 0 Å². The van der Waals surface area contributed by atoms with Crippen LogP contribution in [0, 0.1) is 16.7 Å². The molecule has 3 fully saturated rings. The average molecular weight is 755 g/mol. The lowest BCUT2D eigenvalue weighted by atomic mass is 9.42. The number of benzene rings is 3. The Labute approximate surface area is 324 Å². The van der Waals surface area contributed by atoms with E-state index in [-0.39, 0.29) is 28.3 Å². The van der Waals surface area contributed by atoms with Crippen molar-refractivity contribution in [3.8, 4) is 5.75 Å². The lowest BCUT2D eigenvalue weighted by Gasteiger charge is -2.65. The molecule has 7 nitrogen and oxygen atoms in total. The third-order valence-corrected chi connectivity index (χ3v) is 18.2. The van der Waals surface area contributed by atoms with Crippen molar-refractivity contribution in [3.05, 3.63) is 102 Å². The van der Waals surface area contributed by atoms with E-state index in [0.717, 1.165) is 36.1 Å². The Bertz CT molecular complexity index is 1730. The van der Waals surface area contributed by atoms with Gasteiger partial charge in [-0.2, -0.15) is 0 Å². The first-order valence-electron chi connectivity index (χ1n) is 19.7. The summed E-state index contributed by atoms with van der Waals surface area (Å²) in [5, 5.41) is 2.33. The molecule has 6 rings (SSSR count). The molecule has 0 aromatic heterocycles. The van der Waals surface area contributed by atoms with Crippen molar-refractivity contribution in [3.63, 3.8) is 0 Å². The molecule has 0 amide bonds. The molecule has 0 spiro atoms. The van der Waals surface area contributed by atoms with Gasteiger partial charge in [0.25, 0.3) is 14.8 Å². The van der Waals surface area contributed by atoms with E-state index in [2.05, 4.69) is 102 Å². The molecule has 0 bridgehead atoms. The van der Waals surface area contributed by atoms with E-state index in [1.807, 2.05) is 44.2 Å². The van der Waals surface area contributed by atoms with Crippen LogP contribution in [0.1, 0.15) is 93.1 Å². The van der Waals surface area contributed by atoms with Crippen LogP contribution < -0.4 is 15.1 Å². The smallest absolute Gasteiger partial charge is 0.273 e. The Kier molecular flexibility index (Phi) is 11.6. The van der Waals surface area contributed by atoms with E-state index in [1.165, 1.54) is 10.4 Å². The summed E-state index contributed by atoms with van der Waals surface area (Å²) < 4.78 is 38.8. The van der Waals surface area contributed by atoms with Gasteiger partial charge in [0.05, 0.1) is 19.8 Å². The molecule has 6 atom stereocenters. The van der Waals surface area contributed by atoms with Crippen LogP contribution in [0.5, 0.6) is 5.75 Å². The molecule has 2 saturated carbocycles. The summed E-state index contributed by atoms with van der Waals surface area (Å²) in [7, 11) is 0.511. The van der Waals surface area contributed by atoms with Crippen molar-refractivity contribution in [2.24, 2.45) is 16.7 Å². The zero-order chi connectivity index (χ0) is 39.0. The first kappa shape index (κ1) is 40.5. The highest BCUT2D eigenvalue weighted by molar-refractivity contribution is 6.99. The summed E-state index contributed by atoms with van der Waals surface area (Å²) in [6.45, 7) is 17.8. The zero-order valence-corrected chi connectivity index (χ0v) is 35.2. The number of fused-ring (bicyclic) bond motifs is 3. The van der Waals surface area contributed by atoms with Crippen LogP contribution in [-0.2, 0) is 34.8 Å². The van der Waals surface area contributed by atoms with Gasteiger partial charge < -0.3 is 28.1 Å². The number of ether oxygens (including phenoxy) is 5. The van der Waals surface area contributed by atoms with Gasteiger partial charge in [-0.05, 0) is 96.5 Å². The van der Waals surface area contributed by atoms with E-state index < -0.39 is 31.4 Å². The van der Waals surface area contributed by atoms with Crippen LogP contribution in [0.3, 0.4) is 0 Å². The molecule has 292 valence electrons. The fourth-order valence-electron chi connectivity index (χ4n) is 10.5. The maximum atomic E-state index is 15.4. The van der Waals surface area contributed by atoms with Crippen molar-refractivity contribution >= 4 is 24.5 Å². The van der Waals surface area contributed by atoms with Gasteiger partial charge in [-0.3, -0.25) is 4.79 Å². The second-order valence-corrected chi connectivity index (χ2v) is 22.1. The van der Waals surface area contributed by atoms with Gasteiger partial charge in [0.15, 0.2) is 11.4 Å². The number of carbonyl (C=O) groups excluding carboxylic acids is 1. The number of hydrogen-bond acceptors (Lipinski definition) is 7. The third-order valence-electron chi connectivity index (χ3n) is 13.2. The summed E-state index contributed by atoms with van der Waals surface area (Å²) in [5.41, 5.74) is -1.04. The van der Waals surface area contributed by atoms with Crippen LogP contribution in [0.4, 0.5) is 0 Å². The van der Waals surface area contributed by atoms with E-state index in [4.69, 9.17) is 28.1 Å². The molecule has 8 heteroatoms. The Morgan fingerprint density at radius 1 is 0.852 bits per heavy atom. The Hall–Kier alpha value is -3.11. The first-order chi connectivity index (χ1) is 25.6. The Morgan fingerprint density at radius 2 is 1.46 bits per heavy atom. The topological polar surface area (TPSA) is 72.5 Å². The van der Waals surface area contributed by atoms with Crippen molar-refractivity contribution < 1.29 is 32.9 Å². The maximum Gasteiger partial charge on any atom is 0.273 e. The molecular formula is C46H62O7Si. The van der Waals surface area contributed by atoms with Crippen LogP contribution in [0.2, 0.25) is 5.04 Å². The quantitative estimate of drug-likeness (QED) is 0.128. The molecular weight excluding hydrogens is 693 g/mol. The summed E-state index contributed by atoms with van der Waals surface area (Å²) in [6.07, 6.45) is 5.52. The number of hydrogen-bond donors (Lipinski definition) is 0. The molecule has 54 heavy (non-hydrogen) atoms. The van der Waals surface area contributed by atoms with Crippen molar-refractivity contribution in [2.75, 3.05) is 20.8 Å². The molecule has 3 aliphatic rings. The van der Waals surface area contributed by atoms with Crippen LogP contribution in [-0.4, -0.2) is 58.7 Å². The molecule has 2 aliphatic carbocycles. The summed E-state index contributed by atoms with van der Waals surface area (Å²) >= 11 is 0. The normalized spacial score (nSPS) is 29.7. The molecule has 1 heterocycles. The Balaban J connectivity index is 1.34. The van der Waals surface area contributed by atoms with Gasteiger partial charge in [-0.1, -0.05) is 120 Å². The van der Waals surface area contributed by atoms with Gasteiger partial charge >= 0.3 is 0 Å². The largest absolute Gasteiger partial charge is 0.497 e. The number of carbonyl (C=O) groups is 1. The predicted octanol–water partition coefficient (Wildman–Crippen LogP) is 8.77. The maximum absolute atomic E-state index is 15.4. The zero-order valence-electron chi connectivity index (χ0n) is 34.2. The van der Waals surface area contributed by atoms with E-state index in [1.54, 1.807) is 14.2 Å². The molecule has 1 saturated heterocycles. The average Bonchev–Trinajstić information content (AvgIpc) is 3.48. The lowest BCUT2D eigenvalue weighted by molar-refractivity contribution is -0.276. The van der Waals surface area contributed by atoms with Crippen molar-refractivity contribution in [2.45, 2.75) is 123 Å². The molecule has 0 N–H and O–H groups in total. The summed E-state index contributed by atoms with van der Waals surface area (Å²) in [4.78, 5) is 15.4. The van der Waals surface area contributed by atoms with Gasteiger partial charge in [0, 0.05) is 19.1 Å². The van der Waals surface area contributed by atoms with Crippen molar-refractivity contribution in [1.29, 1.82) is 0 Å². The second kappa shape index (κ2) is 15.4. The summed E-state index contributed by atoms with van der Waals surface area (Å²) in [5.74, 6) is 0.859. The van der Waals surface area contributed by atoms with Gasteiger partial charge in [0.2, 0.25) is 0 Å². The minimum absolute atomic E-state index is 0.0414. The monoisotopic (exact) mass is 754 g/mol. The fraction of sp³-hybridized carbons (Fsp3) is 0.543. The number of rotatable bonds is 13. The molecule has 0 unspecified atom stereocenters. The van der Waals surface area contributed by atoms with Crippen LogP contribution >= 0.6 is 0 Å². The molecule has 3 aromatic carbocycles. The van der Waals surface area contributed by atoms with Crippen LogP contribution in [0.25, 0.3) is 0 Å². The Morgan fingerprint density at radius 3 is 2.02 bits per heavy atom. The van der Waals surface area contributed by atoms with Crippen molar-refractivity contribution in [1.82, 2.24) is 0 Å². The van der Waals surface area contributed by atoms with Gasteiger partial charge in [-0.25, -0.2) is 0 Å². The minimum atomic E-state index is -2.74. The second-order valence-electron chi connectivity index (χ2n) is 17.8. The molecule has 0 radical (unpaired) electrons. The molecule has 1 aliphatic heterocycles. The van der Waals surface area contributed by atoms with Crippen LogP contribution in [0.15, 0.2) is 96.6 Å². The fourth-order valence-corrected chi connectivity index (χ4v) is 15.1. The van der Waals surface area contributed by atoms with E-state index >= 15 is 4.79 Å². The number of ketones is 1. The highest BCUT2D eigenvalue weighted by Gasteiger charge is 2.78. The standard InChI is InChI=1S/C46H62O7Si/c1-33(27-30-51-54(42(2,3)4,36-17-13-11-14-18-36)37-19-15-12-16-20-37)31-39(47)46-44(7,52-41(49-10)53-46)29-25-38-43(5,6)28-26-40(45(38,46)8)50-32-34-21-23-35(48-9)24-22-34/h11-24,31,38,40-41H,25-30,32H2,1-10H3/b33-31-/t38-,40-,41+,44+,45+,46+/m0/s1. The highest BCUT2D eigenvalue weighted by Crippen LogP contribution is 2.68. The first-order valence-corrected chi connectivity index (χ1v) is 21.6. The molecule has 3 aromatic rings. The SMILES string of the molecule is COc1ccc(CO[C@H]2CCC(C)(C)[C@@H]3CC[C@@]4(C)O[C@@H](OC)O[C@@]4(C(=O)/C=C(/C)CCO[Si](c4ccccc4)(c4ccccc4)C(C)(C)C)[C@@]23C)cc1. The van der Waals surface area contributed by atoms with E-state index in [9.17, 15) is 0 Å². The lowest BCUT2D eigenvalue weighted by Crippen LogP contribution is -2.75. The minimum Gasteiger partial charge on any atom is -0.497 e. The number of methoxy groups -OCH3 is 2. The van der Waals surface area contributed by atoms with Gasteiger partial charge in [0.1, 0.15) is 11.4 Å². The predicted molar refractivity (Wildman–Crippen MR) is 216 cm³/mol. The third kappa shape index (κ3) is 6.85. The van der Waals surface area contributed by atoms with E-state index in [0.29, 0.717) is 26.1 Å².